The van der Waals surface area contributed by atoms with Crippen LogP contribution in [0.2, 0.25) is 5.02 Å². The van der Waals surface area contributed by atoms with E-state index in [1.54, 1.807) is 12.1 Å². The van der Waals surface area contributed by atoms with Crippen LogP contribution in [0.3, 0.4) is 0 Å². The van der Waals surface area contributed by atoms with Crippen molar-refractivity contribution in [2.45, 2.75) is 0 Å². The molecule has 1 aromatic carbocycles. The molecule has 1 aliphatic heterocycles. The molecule has 3 rings (SSSR count). The predicted molar refractivity (Wildman–Crippen MR) is 110 cm³/mol. The lowest BCUT2D eigenvalue weighted by Gasteiger charge is -2.34. The molecule has 0 atom stereocenters. The number of hydrogen-bond donors (Lipinski definition) is 1. The smallest absolute Gasteiger partial charge is 0.264 e. The van der Waals surface area contributed by atoms with E-state index in [2.05, 4.69) is 10.2 Å². The molecular weight excluding hydrogens is 382 g/mol. The predicted octanol–water partition coefficient (Wildman–Crippen LogP) is 2.99. The van der Waals surface area contributed by atoms with E-state index < -0.39 is 0 Å². The van der Waals surface area contributed by atoms with E-state index >= 15 is 0 Å². The Morgan fingerprint density at radius 1 is 1.11 bits per heavy atom. The fourth-order valence-electron chi connectivity index (χ4n) is 2.90. The normalized spacial score (nSPS) is 15.2. The van der Waals surface area contributed by atoms with E-state index in [9.17, 15) is 9.59 Å². The molecule has 0 radical (unpaired) electrons. The van der Waals surface area contributed by atoms with Crippen LogP contribution in [0.1, 0.15) is 15.2 Å². The van der Waals surface area contributed by atoms with Gasteiger partial charge in [-0.15, -0.1) is 11.3 Å². The molecule has 1 fully saturated rings. The number of hydrogen-bond acceptors (Lipinski definition) is 4. The lowest BCUT2D eigenvalue weighted by Crippen LogP contribution is -2.50. The molecule has 0 spiro atoms. The number of benzene rings is 1. The number of carbonyl (C=O) groups excluding carboxylic acids is 2. The first-order chi connectivity index (χ1) is 13.1. The minimum Gasteiger partial charge on any atom is -0.351 e. The number of piperazine rings is 1. The van der Waals surface area contributed by atoms with Crippen LogP contribution in [0.5, 0.6) is 0 Å². The molecule has 1 N–H and O–H groups in total. The lowest BCUT2D eigenvalue weighted by molar-refractivity contribution is -0.116. The van der Waals surface area contributed by atoms with Crippen molar-refractivity contribution in [2.24, 2.45) is 0 Å². The average molecular weight is 404 g/mol. The van der Waals surface area contributed by atoms with Crippen molar-refractivity contribution in [3.63, 3.8) is 0 Å². The Morgan fingerprint density at radius 2 is 1.89 bits per heavy atom. The maximum atomic E-state index is 12.3. The van der Waals surface area contributed by atoms with Crippen LogP contribution in [0.25, 0.3) is 6.08 Å². The van der Waals surface area contributed by atoms with E-state index in [0.29, 0.717) is 11.6 Å². The summed E-state index contributed by atoms with van der Waals surface area (Å²) < 4.78 is 0. The van der Waals surface area contributed by atoms with Gasteiger partial charge in [0.15, 0.2) is 0 Å². The molecule has 1 saturated heterocycles. The third-order valence-corrected chi connectivity index (χ3v) is 5.64. The lowest BCUT2D eigenvalue weighted by atomic mass is 10.2. The molecule has 0 aliphatic carbocycles. The second-order valence-corrected chi connectivity index (χ2v) is 7.61. The van der Waals surface area contributed by atoms with E-state index in [1.807, 2.05) is 40.6 Å². The van der Waals surface area contributed by atoms with Crippen LogP contribution in [0.15, 0.2) is 47.9 Å². The summed E-state index contributed by atoms with van der Waals surface area (Å²) in [5.74, 6) is -0.0240. The van der Waals surface area contributed by atoms with Gasteiger partial charge in [-0.2, -0.15) is 0 Å². The first-order valence-corrected chi connectivity index (χ1v) is 10.1. The molecule has 0 bridgehead atoms. The van der Waals surface area contributed by atoms with Crippen molar-refractivity contribution < 1.29 is 9.59 Å². The number of nitrogens with zero attached hydrogens (tertiary/aromatic N) is 2. The van der Waals surface area contributed by atoms with E-state index in [1.165, 1.54) is 17.4 Å². The zero-order valence-electron chi connectivity index (χ0n) is 14.9. The maximum Gasteiger partial charge on any atom is 0.264 e. The number of nitrogens with one attached hydrogen (secondary N) is 1. The van der Waals surface area contributed by atoms with Crippen LogP contribution in [-0.4, -0.2) is 60.9 Å². The summed E-state index contributed by atoms with van der Waals surface area (Å²) in [7, 11) is 0. The summed E-state index contributed by atoms with van der Waals surface area (Å²) in [6.45, 7) is 4.43. The molecule has 7 heteroatoms. The Labute approximate surface area is 168 Å². The van der Waals surface area contributed by atoms with Crippen LogP contribution < -0.4 is 5.32 Å². The molecule has 0 unspecified atom stereocenters. The topological polar surface area (TPSA) is 52.7 Å². The highest BCUT2D eigenvalue weighted by molar-refractivity contribution is 7.12. The fourth-order valence-corrected chi connectivity index (χ4v) is 3.79. The average Bonchev–Trinajstić information content (AvgIpc) is 3.22. The molecule has 1 aromatic heterocycles. The molecule has 2 amide bonds. The Balaban J connectivity index is 1.36. The Kier molecular flexibility index (Phi) is 7.04. The van der Waals surface area contributed by atoms with Gasteiger partial charge in [0, 0.05) is 50.4 Å². The highest BCUT2D eigenvalue weighted by Gasteiger charge is 2.22. The van der Waals surface area contributed by atoms with Gasteiger partial charge >= 0.3 is 0 Å². The Hall–Kier alpha value is -2.15. The SMILES string of the molecule is O=C(/C=C/c1ccccc1Cl)NCCN1CCN(C(=O)c2cccs2)CC1. The number of thiophene rings is 1. The van der Waals surface area contributed by atoms with Gasteiger partial charge in [0.25, 0.3) is 5.91 Å². The fraction of sp³-hybridized carbons (Fsp3) is 0.300. The van der Waals surface area contributed by atoms with Crippen LogP contribution >= 0.6 is 22.9 Å². The third-order valence-electron chi connectivity index (χ3n) is 4.44. The van der Waals surface area contributed by atoms with Gasteiger partial charge < -0.3 is 10.2 Å². The second-order valence-electron chi connectivity index (χ2n) is 6.26. The van der Waals surface area contributed by atoms with Crippen LogP contribution in [0.4, 0.5) is 0 Å². The summed E-state index contributed by atoms with van der Waals surface area (Å²) in [5, 5.41) is 5.43. The Bertz CT molecular complexity index is 799. The van der Waals surface area contributed by atoms with Crippen LogP contribution in [0, 0.1) is 0 Å². The van der Waals surface area contributed by atoms with Gasteiger partial charge in [0.2, 0.25) is 5.91 Å². The first-order valence-electron chi connectivity index (χ1n) is 8.89. The van der Waals surface area contributed by atoms with Crippen LogP contribution in [-0.2, 0) is 4.79 Å². The number of rotatable bonds is 6. The molecule has 27 heavy (non-hydrogen) atoms. The van der Waals surface area contributed by atoms with Crippen molar-refractivity contribution in [1.29, 1.82) is 0 Å². The molecule has 5 nitrogen and oxygen atoms in total. The molecule has 0 saturated carbocycles. The highest BCUT2D eigenvalue weighted by atomic mass is 35.5. The standard InChI is InChI=1S/C20H22ClN3O2S/c21-17-5-2-1-4-16(17)7-8-19(25)22-9-10-23-11-13-24(14-12-23)20(26)18-6-3-15-27-18/h1-8,15H,9-14H2,(H,22,25)/b8-7+. The quantitative estimate of drug-likeness (QED) is 0.754. The minimum absolute atomic E-state index is 0.114. The van der Waals surface area contributed by atoms with Gasteiger partial charge in [-0.3, -0.25) is 14.5 Å². The van der Waals surface area contributed by atoms with Gasteiger partial charge in [0.1, 0.15) is 0 Å². The summed E-state index contributed by atoms with van der Waals surface area (Å²) in [5.41, 5.74) is 0.820. The molecule has 1 aliphatic rings. The van der Waals surface area contributed by atoms with Crippen molar-refractivity contribution in [2.75, 3.05) is 39.3 Å². The van der Waals surface area contributed by atoms with E-state index in [-0.39, 0.29) is 11.8 Å². The van der Waals surface area contributed by atoms with Crippen molar-refractivity contribution in [3.05, 3.63) is 63.3 Å². The molecule has 2 heterocycles. The number of amides is 2. The summed E-state index contributed by atoms with van der Waals surface area (Å²) >= 11 is 7.54. The molecule has 2 aromatic rings. The van der Waals surface area contributed by atoms with Crippen molar-refractivity contribution in [3.8, 4) is 0 Å². The Morgan fingerprint density at radius 3 is 2.59 bits per heavy atom. The summed E-state index contributed by atoms with van der Waals surface area (Å²) in [6, 6.07) is 11.2. The molecule has 142 valence electrons. The van der Waals surface area contributed by atoms with Crippen molar-refractivity contribution in [1.82, 2.24) is 15.1 Å². The third kappa shape index (κ3) is 5.66. The van der Waals surface area contributed by atoms with Gasteiger partial charge in [-0.1, -0.05) is 35.9 Å². The highest BCUT2D eigenvalue weighted by Crippen LogP contribution is 2.16. The monoisotopic (exact) mass is 403 g/mol. The number of carbonyl (C=O) groups is 2. The maximum absolute atomic E-state index is 12.3. The van der Waals surface area contributed by atoms with E-state index in [4.69, 9.17) is 11.6 Å². The largest absolute Gasteiger partial charge is 0.351 e. The van der Waals surface area contributed by atoms with Gasteiger partial charge in [0.05, 0.1) is 4.88 Å². The zero-order valence-corrected chi connectivity index (χ0v) is 16.5. The first kappa shape index (κ1) is 19.6. The van der Waals surface area contributed by atoms with Gasteiger partial charge in [-0.05, 0) is 29.2 Å². The second kappa shape index (κ2) is 9.69. The van der Waals surface area contributed by atoms with E-state index in [0.717, 1.165) is 43.2 Å². The van der Waals surface area contributed by atoms with Gasteiger partial charge in [-0.25, -0.2) is 0 Å². The molecular formula is C20H22ClN3O2S. The summed E-state index contributed by atoms with van der Waals surface area (Å²) in [4.78, 5) is 29.2. The number of halogens is 1. The minimum atomic E-state index is -0.138. The zero-order chi connectivity index (χ0) is 19.1. The summed E-state index contributed by atoms with van der Waals surface area (Å²) in [6.07, 6.45) is 3.21. The van der Waals surface area contributed by atoms with Crippen molar-refractivity contribution >= 4 is 40.8 Å².